The topological polar surface area (TPSA) is 84.4 Å². The number of H-pyrrole nitrogens is 1. The highest BCUT2D eigenvalue weighted by Gasteiger charge is 2.15. The van der Waals surface area contributed by atoms with Gasteiger partial charge in [0.05, 0.1) is 18.1 Å². The van der Waals surface area contributed by atoms with Crippen molar-refractivity contribution in [3.63, 3.8) is 0 Å². The zero-order valence-corrected chi connectivity index (χ0v) is 15.4. The van der Waals surface area contributed by atoms with Crippen molar-refractivity contribution >= 4 is 29.6 Å². The first-order chi connectivity index (χ1) is 12.5. The molecule has 0 bridgehead atoms. The highest BCUT2D eigenvalue weighted by Crippen LogP contribution is 2.25. The number of aromatic amines is 1. The quantitative estimate of drug-likeness (QED) is 0.552. The average Bonchev–Trinajstić information content (AvgIpc) is 3.06. The molecule has 2 aromatic carbocycles. The number of thiol groups is 1. The van der Waals surface area contributed by atoms with E-state index in [1.54, 1.807) is 7.11 Å². The molecule has 7 heteroatoms. The average molecular weight is 372 g/mol. The summed E-state index contributed by atoms with van der Waals surface area (Å²) in [6.07, 6.45) is 0.0931. The van der Waals surface area contributed by atoms with Crippen LogP contribution in [0.5, 0.6) is 11.5 Å². The molecule has 0 amide bonds. The zero-order chi connectivity index (χ0) is 18.7. The van der Waals surface area contributed by atoms with Gasteiger partial charge in [-0.25, -0.2) is 4.98 Å². The molecule has 1 aromatic heterocycles. The molecule has 0 aliphatic carbocycles. The van der Waals surface area contributed by atoms with E-state index >= 15 is 0 Å². The number of nitrogens with one attached hydrogen (secondary N) is 1. The van der Waals surface area contributed by atoms with Gasteiger partial charge in [-0.05, 0) is 43.2 Å². The molecule has 26 heavy (non-hydrogen) atoms. The predicted molar refractivity (Wildman–Crippen MR) is 102 cm³/mol. The van der Waals surface area contributed by atoms with Crippen LogP contribution in [0.1, 0.15) is 24.4 Å². The maximum Gasteiger partial charge on any atom is 0.316 e. The lowest BCUT2D eigenvalue weighted by Gasteiger charge is -2.13. The molecule has 0 aliphatic heterocycles. The van der Waals surface area contributed by atoms with Crippen molar-refractivity contribution in [1.82, 2.24) is 9.97 Å². The predicted octanol–water partition coefficient (Wildman–Crippen LogP) is 3.64. The van der Waals surface area contributed by atoms with Crippen molar-refractivity contribution in [1.29, 1.82) is 0 Å². The molecule has 0 fully saturated rings. The van der Waals surface area contributed by atoms with Gasteiger partial charge in [0.1, 0.15) is 22.6 Å². The summed E-state index contributed by atoms with van der Waals surface area (Å²) in [5.41, 5.74) is 2.63. The summed E-state index contributed by atoms with van der Waals surface area (Å²) in [4.78, 5) is 18.7. The van der Waals surface area contributed by atoms with E-state index < -0.39 is 11.2 Å². The Morgan fingerprint density at radius 1 is 1.23 bits per heavy atom. The van der Waals surface area contributed by atoms with E-state index in [9.17, 15) is 4.79 Å². The van der Waals surface area contributed by atoms with Gasteiger partial charge in [-0.3, -0.25) is 4.79 Å². The third-order valence-electron chi connectivity index (χ3n) is 4.04. The molecule has 3 rings (SSSR count). The first-order valence-corrected chi connectivity index (χ1v) is 8.68. The fraction of sp³-hybridized carbons (Fsp3) is 0.263. The molecule has 136 valence electrons. The third-order valence-corrected chi connectivity index (χ3v) is 4.45. The van der Waals surface area contributed by atoms with E-state index in [2.05, 4.69) is 22.6 Å². The number of aromatic nitrogens is 2. The number of nitrogens with zero attached hydrogens (tertiary/aromatic N) is 1. The Hall–Kier alpha value is -2.67. The SMILES string of the molecule is COc1ccc2nc(C(C)Oc3ccc(CC(S)C(=O)O)cc3)[nH]c2c1. The maximum absolute atomic E-state index is 10.9. The van der Waals surface area contributed by atoms with Crippen LogP contribution in [0.15, 0.2) is 42.5 Å². The number of fused-ring (bicyclic) bond motifs is 1. The van der Waals surface area contributed by atoms with Crippen molar-refractivity contribution in [2.45, 2.75) is 24.7 Å². The fourth-order valence-corrected chi connectivity index (χ4v) is 2.81. The van der Waals surface area contributed by atoms with Crippen LogP contribution in [0.3, 0.4) is 0 Å². The van der Waals surface area contributed by atoms with Gasteiger partial charge in [-0.15, -0.1) is 0 Å². The van der Waals surface area contributed by atoms with Crippen molar-refractivity contribution in [2.75, 3.05) is 7.11 Å². The summed E-state index contributed by atoms with van der Waals surface area (Å²) in [7, 11) is 1.63. The zero-order valence-electron chi connectivity index (χ0n) is 14.5. The summed E-state index contributed by atoms with van der Waals surface area (Å²) >= 11 is 4.05. The molecule has 0 radical (unpaired) electrons. The number of benzene rings is 2. The largest absolute Gasteiger partial charge is 0.497 e. The summed E-state index contributed by atoms with van der Waals surface area (Å²) in [6, 6.07) is 13.0. The minimum absolute atomic E-state index is 0.268. The Bertz CT molecular complexity index is 908. The summed E-state index contributed by atoms with van der Waals surface area (Å²) < 4.78 is 11.2. The van der Waals surface area contributed by atoms with Crippen LogP contribution in [0.4, 0.5) is 0 Å². The van der Waals surface area contributed by atoms with Gasteiger partial charge >= 0.3 is 5.97 Å². The lowest BCUT2D eigenvalue weighted by Crippen LogP contribution is -2.16. The van der Waals surface area contributed by atoms with Crippen LogP contribution in [-0.2, 0) is 11.2 Å². The number of carboxylic acid groups (broad SMARTS) is 1. The molecule has 0 spiro atoms. The van der Waals surface area contributed by atoms with Gasteiger partial charge in [0, 0.05) is 6.07 Å². The van der Waals surface area contributed by atoms with Gasteiger partial charge in [-0.2, -0.15) is 12.6 Å². The minimum atomic E-state index is -0.927. The standard InChI is InChI=1S/C19H20N2O4S/c1-11(18-20-15-8-7-14(24-2)10-16(15)21-18)25-13-5-3-12(4-6-13)9-17(26)19(22)23/h3-8,10-11,17,26H,9H2,1-2H3,(H,20,21)(H,22,23). The molecule has 2 atom stereocenters. The molecule has 6 nitrogen and oxygen atoms in total. The Morgan fingerprint density at radius 3 is 2.58 bits per heavy atom. The lowest BCUT2D eigenvalue weighted by molar-refractivity contribution is -0.136. The van der Waals surface area contributed by atoms with Crippen molar-refractivity contribution in [2.24, 2.45) is 0 Å². The molecule has 0 saturated carbocycles. The molecule has 0 aliphatic rings. The van der Waals surface area contributed by atoms with Crippen LogP contribution in [-0.4, -0.2) is 33.4 Å². The number of hydrogen-bond acceptors (Lipinski definition) is 5. The van der Waals surface area contributed by atoms with Crippen LogP contribution in [0, 0.1) is 0 Å². The Balaban J connectivity index is 1.69. The molecule has 2 unspecified atom stereocenters. The van der Waals surface area contributed by atoms with E-state index in [1.807, 2.05) is 49.4 Å². The highest BCUT2D eigenvalue weighted by atomic mass is 32.1. The Morgan fingerprint density at radius 2 is 1.92 bits per heavy atom. The van der Waals surface area contributed by atoms with Gasteiger partial charge in [0.2, 0.25) is 0 Å². The van der Waals surface area contributed by atoms with Gasteiger partial charge in [0.15, 0.2) is 6.10 Å². The number of methoxy groups -OCH3 is 1. The number of hydrogen-bond donors (Lipinski definition) is 3. The van der Waals surface area contributed by atoms with E-state index in [-0.39, 0.29) is 6.10 Å². The number of imidazole rings is 1. The van der Waals surface area contributed by atoms with Crippen molar-refractivity contribution in [3.8, 4) is 11.5 Å². The number of rotatable bonds is 7. The van der Waals surface area contributed by atoms with E-state index in [1.165, 1.54) is 0 Å². The van der Waals surface area contributed by atoms with Crippen molar-refractivity contribution < 1.29 is 19.4 Å². The number of carboxylic acids is 1. The van der Waals surface area contributed by atoms with Crippen LogP contribution >= 0.6 is 12.6 Å². The summed E-state index contributed by atoms with van der Waals surface area (Å²) in [5.74, 6) is 1.24. The first kappa shape index (κ1) is 18.1. The van der Waals surface area contributed by atoms with Crippen molar-refractivity contribution in [3.05, 3.63) is 53.9 Å². The van der Waals surface area contributed by atoms with Crippen LogP contribution in [0.25, 0.3) is 11.0 Å². The molecular formula is C19H20N2O4S. The first-order valence-electron chi connectivity index (χ1n) is 8.16. The van der Waals surface area contributed by atoms with Crippen LogP contribution < -0.4 is 9.47 Å². The summed E-state index contributed by atoms with van der Waals surface area (Å²) in [6.45, 7) is 1.91. The molecule has 3 aromatic rings. The second-order valence-electron chi connectivity index (χ2n) is 5.97. The third kappa shape index (κ3) is 4.11. The second-order valence-corrected chi connectivity index (χ2v) is 6.59. The molecule has 0 saturated heterocycles. The highest BCUT2D eigenvalue weighted by molar-refractivity contribution is 7.81. The van der Waals surface area contributed by atoms with Gasteiger partial charge in [-0.1, -0.05) is 12.1 Å². The molecule has 1 heterocycles. The number of ether oxygens (including phenoxy) is 2. The monoisotopic (exact) mass is 372 g/mol. The minimum Gasteiger partial charge on any atom is -0.497 e. The number of carbonyl (C=O) groups is 1. The smallest absolute Gasteiger partial charge is 0.316 e. The number of aliphatic carboxylic acids is 1. The molecule has 2 N–H and O–H groups in total. The van der Waals surface area contributed by atoms with Gasteiger partial charge in [0.25, 0.3) is 0 Å². The van der Waals surface area contributed by atoms with E-state index in [0.717, 1.165) is 28.2 Å². The Kier molecular flexibility index (Phi) is 5.37. The Labute approximate surface area is 156 Å². The summed E-state index contributed by atoms with van der Waals surface area (Å²) in [5, 5.41) is 8.20. The second kappa shape index (κ2) is 7.70. The van der Waals surface area contributed by atoms with E-state index in [4.69, 9.17) is 14.6 Å². The van der Waals surface area contributed by atoms with Gasteiger partial charge < -0.3 is 19.6 Å². The normalized spacial score (nSPS) is 13.3. The molecular weight excluding hydrogens is 352 g/mol. The van der Waals surface area contributed by atoms with E-state index in [0.29, 0.717) is 12.2 Å². The fourth-order valence-electron chi connectivity index (χ4n) is 2.60. The van der Waals surface area contributed by atoms with Crippen LogP contribution in [0.2, 0.25) is 0 Å². The maximum atomic E-state index is 10.9. The lowest BCUT2D eigenvalue weighted by atomic mass is 10.1.